The van der Waals surface area contributed by atoms with E-state index in [-0.39, 0.29) is 6.09 Å². The van der Waals surface area contributed by atoms with Crippen molar-refractivity contribution >= 4 is 62.5 Å². The Morgan fingerprint density at radius 2 is 1.03 bits per heavy atom. The average Bonchev–Trinajstić information content (AvgIpc) is 3.25. The minimum Gasteiger partial charge on any atom is -0.444 e. The quantitative estimate of drug-likeness (QED) is 0.150. The Kier molecular flexibility index (Phi) is 15.9. The molecule has 0 spiro atoms. The van der Waals surface area contributed by atoms with Gasteiger partial charge in [-0.1, -0.05) is 105 Å². The molecule has 0 saturated carbocycles. The summed E-state index contributed by atoms with van der Waals surface area (Å²) < 4.78 is 5.48. The maximum atomic E-state index is 12.3. The summed E-state index contributed by atoms with van der Waals surface area (Å²) in [5, 5.41) is 6.23. The summed E-state index contributed by atoms with van der Waals surface area (Å²) in [6.45, 7) is 25.2. The normalized spacial score (nSPS) is 14.9. The number of nitrogen functional groups attached to an aromatic ring is 2. The number of amides is 1. The zero-order valence-corrected chi connectivity index (χ0v) is 39.7. The molecule has 5 N–H and O–H groups in total. The van der Waals surface area contributed by atoms with Crippen molar-refractivity contribution in [2.24, 2.45) is 5.92 Å². The zero-order chi connectivity index (χ0) is 45.4. The second-order valence-electron chi connectivity index (χ2n) is 18.2. The van der Waals surface area contributed by atoms with Crippen molar-refractivity contribution in [3.05, 3.63) is 117 Å². The van der Waals surface area contributed by atoms with Crippen LogP contribution in [-0.2, 0) is 17.8 Å². The first-order valence-corrected chi connectivity index (χ1v) is 22.7. The molecule has 2 fully saturated rings. The van der Waals surface area contributed by atoms with Gasteiger partial charge in [0.05, 0.1) is 43.8 Å². The SMILES string of the molecule is CC(C)C.Cc1nc2ccc(-c3ccc(CN4CCN(C(=O)OC(C)(C)C)CC4)cc3)cc2c(N)c1Cl.Cc1nc2ccc(-c3ccc(CN4CCNCC4)cc3)cc2c(N)c1Cl. The molecule has 0 bridgehead atoms. The summed E-state index contributed by atoms with van der Waals surface area (Å²) in [7, 11) is 0. The fourth-order valence-electron chi connectivity index (χ4n) is 7.55. The van der Waals surface area contributed by atoms with Crippen LogP contribution in [-0.4, -0.2) is 88.7 Å². The Balaban J connectivity index is 0.000000198. The largest absolute Gasteiger partial charge is 0.444 e. The molecule has 334 valence electrons. The number of carbonyl (C=O) groups excluding carboxylic acids is 1. The molecular weight excluding hydrogens is 828 g/mol. The highest BCUT2D eigenvalue weighted by molar-refractivity contribution is 6.35. The number of nitrogens with zero attached hydrogens (tertiary/aromatic N) is 5. The molecule has 0 radical (unpaired) electrons. The lowest BCUT2D eigenvalue weighted by atomic mass is 10.0. The number of piperazine rings is 2. The molecular formula is C51H64Cl2N8O2. The van der Waals surface area contributed by atoms with Crippen LogP contribution >= 0.6 is 23.2 Å². The summed E-state index contributed by atoms with van der Waals surface area (Å²) >= 11 is 12.6. The molecule has 2 aliphatic heterocycles. The van der Waals surface area contributed by atoms with Gasteiger partial charge in [0.25, 0.3) is 0 Å². The first kappa shape index (κ1) is 47.5. The third-order valence-electron chi connectivity index (χ3n) is 10.9. The van der Waals surface area contributed by atoms with E-state index in [1.807, 2.05) is 52.8 Å². The molecule has 6 aromatic rings. The molecule has 0 aliphatic carbocycles. The van der Waals surface area contributed by atoms with E-state index >= 15 is 0 Å². The molecule has 4 aromatic carbocycles. The topological polar surface area (TPSA) is 126 Å². The number of nitrogens with one attached hydrogen (secondary N) is 1. The van der Waals surface area contributed by atoms with Crippen LogP contribution in [0.25, 0.3) is 44.1 Å². The first-order chi connectivity index (χ1) is 29.9. The Hall–Kier alpha value is -4.97. The predicted octanol–water partition coefficient (Wildman–Crippen LogP) is 11.0. The van der Waals surface area contributed by atoms with Gasteiger partial charge in [-0.15, -0.1) is 0 Å². The predicted molar refractivity (Wildman–Crippen MR) is 264 cm³/mol. The standard InChI is InChI=1S/C26H31ClN4O2.C21H23ClN4.C4H10/c1-17-23(27)24(28)21-15-20(9-10-22(21)29-17)19-7-5-18(6-8-19)16-30-11-13-31(14-12-30)25(32)33-26(2,3)4;1-14-20(22)21(23)18-12-17(6-7-19(18)25-14)16-4-2-15(3-5-16)13-26-10-8-24-9-11-26;1-4(2)3/h5-10,15H,11-14,16H2,1-4H3,(H2,28,29);2-7,12,24H,8-11,13H2,1H3,(H2,23,25);4H,1-3H3. The second kappa shape index (κ2) is 21.1. The number of hydrogen-bond donors (Lipinski definition) is 3. The number of rotatable bonds is 6. The maximum Gasteiger partial charge on any atom is 0.410 e. The molecule has 2 aromatic heterocycles. The van der Waals surface area contributed by atoms with Crippen molar-refractivity contribution < 1.29 is 9.53 Å². The van der Waals surface area contributed by atoms with E-state index in [1.165, 1.54) is 16.7 Å². The van der Waals surface area contributed by atoms with Crippen LogP contribution in [0.4, 0.5) is 16.2 Å². The number of aromatic nitrogens is 2. The van der Waals surface area contributed by atoms with E-state index < -0.39 is 5.60 Å². The van der Waals surface area contributed by atoms with Gasteiger partial charge in [0.15, 0.2) is 0 Å². The van der Waals surface area contributed by atoms with Crippen LogP contribution in [0.15, 0.2) is 84.9 Å². The molecule has 1 amide bonds. The molecule has 0 atom stereocenters. The molecule has 8 rings (SSSR count). The number of ether oxygens (including phenoxy) is 1. The second-order valence-corrected chi connectivity index (χ2v) is 19.0. The van der Waals surface area contributed by atoms with Crippen molar-refractivity contribution in [3.63, 3.8) is 0 Å². The van der Waals surface area contributed by atoms with Crippen LogP contribution in [0, 0.1) is 19.8 Å². The van der Waals surface area contributed by atoms with Crippen LogP contribution in [0.3, 0.4) is 0 Å². The van der Waals surface area contributed by atoms with Gasteiger partial charge in [0.2, 0.25) is 0 Å². The van der Waals surface area contributed by atoms with Gasteiger partial charge >= 0.3 is 6.09 Å². The lowest BCUT2D eigenvalue weighted by Gasteiger charge is -2.35. The number of anilines is 2. The summed E-state index contributed by atoms with van der Waals surface area (Å²) in [5.41, 5.74) is 23.5. The number of fused-ring (bicyclic) bond motifs is 2. The van der Waals surface area contributed by atoms with Crippen LogP contribution in [0.2, 0.25) is 10.0 Å². The summed E-state index contributed by atoms with van der Waals surface area (Å²) in [6.07, 6.45) is -0.228. The van der Waals surface area contributed by atoms with E-state index in [2.05, 4.69) is 113 Å². The Morgan fingerprint density at radius 1 is 0.651 bits per heavy atom. The van der Waals surface area contributed by atoms with Crippen LogP contribution in [0.5, 0.6) is 0 Å². The summed E-state index contributed by atoms with van der Waals surface area (Å²) in [6, 6.07) is 29.6. The van der Waals surface area contributed by atoms with Gasteiger partial charge in [-0.05, 0) is 98.2 Å². The number of aryl methyl sites for hydroxylation is 2. The first-order valence-electron chi connectivity index (χ1n) is 22.0. The number of pyridine rings is 2. The fraction of sp³-hybridized carbons (Fsp3) is 0.392. The highest BCUT2D eigenvalue weighted by Crippen LogP contribution is 2.34. The summed E-state index contributed by atoms with van der Waals surface area (Å²) in [4.78, 5) is 28.0. The highest BCUT2D eigenvalue weighted by atomic mass is 35.5. The van der Waals surface area contributed by atoms with Crippen molar-refractivity contribution in [1.82, 2.24) is 30.0 Å². The van der Waals surface area contributed by atoms with Gasteiger partial charge in [-0.2, -0.15) is 0 Å². The molecule has 4 heterocycles. The molecule has 10 nitrogen and oxygen atoms in total. The van der Waals surface area contributed by atoms with Crippen LogP contribution < -0.4 is 16.8 Å². The Bertz CT molecular complexity index is 2490. The lowest BCUT2D eigenvalue weighted by Crippen LogP contribution is -2.49. The molecule has 2 aliphatic rings. The molecule has 63 heavy (non-hydrogen) atoms. The van der Waals surface area contributed by atoms with Crippen molar-refractivity contribution in [1.29, 1.82) is 0 Å². The Morgan fingerprint density at radius 3 is 1.43 bits per heavy atom. The monoisotopic (exact) mass is 890 g/mol. The van der Waals surface area contributed by atoms with E-state index in [0.29, 0.717) is 34.5 Å². The number of halogens is 2. The van der Waals surface area contributed by atoms with Crippen molar-refractivity contribution in [3.8, 4) is 22.3 Å². The number of benzene rings is 4. The number of nitrogens with two attached hydrogens (primary N) is 2. The third-order valence-corrected chi connectivity index (χ3v) is 11.8. The molecule has 2 saturated heterocycles. The van der Waals surface area contributed by atoms with Crippen molar-refractivity contribution in [2.45, 2.75) is 74.1 Å². The summed E-state index contributed by atoms with van der Waals surface area (Å²) in [5.74, 6) is 0.833. The van der Waals surface area contributed by atoms with Gasteiger partial charge < -0.3 is 26.4 Å². The molecule has 0 unspecified atom stereocenters. The highest BCUT2D eigenvalue weighted by Gasteiger charge is 2.26. The number of carbonyl (C=O) groups is 1. The average molecular weight is 892 g/mol. The maximum absolute atomic E-state index is 12.3. The van der Waals surface area contributed by atoms with Gasteiger partial charge in [-0.25, -0.2) is 4.79 Å². The molecule has 12 heteroatoms. The van der Waals surface area contributed by atoms with E-state index in [0.717, 1.165) is 108 Å². The van der Waals surface area contributed by atoms with E-state index in [9.17, 15) is 4.79 Å². The lowest BCUT2D eigenvalue weighted by molar-refractivity contribution is 0.0139. The van der Waals surface area contributed by atoms with Gasteiger partial charge in [0.1, 0.15) is 5.60 Å². The van der Waals surface area contributed by atoms with Crippen molar-refractivity contribution in [2.75, 3.05) is 63.8 Å². The van der Waals surface area contributed by atoms with E-state index in [4.69, 9.17) is 39.4 Å². The van der Waals surface area contributed by atoms with Gasteiger partial charge in [-0.3, -0.25) is 19.8 Å². The minimum atomic E-state index is -0.464. The smallest absolute Gasteiger partial charge is 0.410 e. The van der Waals surface area contributed by atoms with Crippen LogP contribution in [0.1, 0.15) is 64.1 Å². The third kappa shape index (κ3) is 12.8. The zero-order valence-electron chi connectivity index (χ0n) is 38.2. The van der Waals surface area contributed by atoms with E-state index in [1.54, 1.807) is 4.90 Å². The minimum absolute atomic E-state index is 0.228. The number of hydrogen-bond acceptors (Lipinski definition) is 9. The fourth-order valence-corrected chi connectivity index (χ4v) is 7.84. The van der Waals surface area contributed by atoms with Gasteiger partial charge in [0, 0.05) is 76.2 Å². The Labute approximate surface area is 383 Å².